The molecule has 0 radical (unpaired) electrons. The molecule has 0 aliphatic rings. The molecule has 0 bridgehead atoms. The van der Waals surface area contributed by atoms with Crippen LogP contribution >= 0.6 is 0 Å². The molecular weight excluding hydrogens is 372 g/mol. The smallest absolute Gasteiger partial charge is 0.116 e. The Balaban J connectivity index is 1.52. The minimum atomic E-state index is 0.866. The van der Waals surface area contributed by atoms with Crippen LogP contribution in [0.4, 0.5) is 0 Å². The molecule has 1 aromatic carbocycles. The van der Waals surface area contributed by atoms with E-state index in [2.05, 4.69) is 66.5 Å². The topological polar surface area (TPSA) is 83.1 Å². The van der Waals surface area contributed by atoms with E-state index < -0.39 is 0 Å². The molecule has 0 unspecified atom stereocenters. The van der Waals surface area contributed by atoms with Crippen LogP contribution in [0.5, 0.6) is 0 Å². The molecule has 0 amide bonds. The fourth-order valence-corrected chi connectivity index (χ4v) is 3.85. The molecule has 6 heteroatoms. The lowest BCUT2D eigenvalue weighted by Crippen LogP contribution is -1.85. The van der Waals surface area contributed by atoms with Gasteiger partial charge in [0.1, 0.15) is 5.69 Å². The molecule has 5 heterocycles. The maximum Gasteiger partial charge on any atom is 0.116 e. The zero-order valence-electron chi connectivity index (χ0n) is 15.9. The highest BCUT2D eigenvalue weighted by atomic mass is 15.1. The van der Waals surface area contributed by atoms with Crippen LogP contribution in [0, 0.1) is 0 Å². The van der Waals surface area contributed by atoms with Crippen LogP contribution in [0.3, 0.4) is 0 Å². The van der Waals surface area contributed by atoms with E-state index in [1.807, 2.05) is 36.8 Å². The van der Waals surface area contributed by atoms with E-state index in [1.54, 1.807) is 12.4 Å². The summed E-state index contributed by atoms with van der Waals surface area (Å²) in [5.74, 6) is 0. The number of nitrogens with one attached hydrogen (secondary N) is 2. The van der Waals surface area contributed by atoms with E-state index in [0.717, 1.165) is 55.6 Å². The minimum absolute atomic E-state index is 0.866. The first-order valence-electron chi connectivity index (χ1n) is 9.64. The standard InChI is InChI=1S/C24H16N6/c1-6-17(15-4-2-8-25-12-15)18-10-22(28-20(18)7-1)24-19-11-21(16-5-3-9-26-13-16)27-14-23(19)29-30-24/h1-14,28H,(H,29,30). The van der Waals surface area contributed by atoms with Crippen LogP contribution < -0.4 is 0 Å². The Morgan fingerprint density at radius 2 is 1.53 bits per heavy atom. The van der Waals surface area contributed by atoms with Gasteiger partial charge in [0.15, 0.2) is 0 Å². The number of H-pyrrole nitrogens is 2. The summed E-state index contributed by atoms with van der Waals surface area (Å²) in [4.78, 5) is 16.5. The summed E-state index contributed by atoms with van der Waals surface area (Å²) in [5, 5.41) is 9.82. The van der Waals surface area contributed by atoms with Crippen LogP contribution in [0.2, 0.25) is 0 Å². The second-order valence-electron chi connectivity index (χ2n) is 7.12. The zero-order valence-corrected chi connectivity index (χ0v) is 15.9. The molecule has 0 saturated heterocycles. The Labute approximate surface area is 171 Å². The van der Waals surface area contributed by atoms with Gasteiger partial charge < -0.3 is 4.98 Å². The first-order chi connectivity index (χ1) is 14.9. The fraction of sp³-hybridized carbons (Fsp3) is 0. The Morgan fingerprint density at radius 1 is 0.700 bits per heavy atom. The largest absolute Gasteiger partial charge is 0.353 e. The number of hydrogen-bond acceptors (Lipinski definition) is 4. The summed E-state index contributed by atoms with van der Waals surface area (Å²) >= 11 is 0. The van der Waals surface area contributed by atoms with Gasteiger partial charge in [0, 0.05) is 52.2 Å². The van der Waals surface area contributed by atoms with Crippen molar-refractivity contribution in [3.63, 3.8) is 0 Å². The SMILES string of the molecule is c1cncc(-c2cc3c(-c4cc5c(-c6cccnc6)cccc5[nH]4)n[nH]c3cn2)c1. The summed E-state index contributed by atoms with van der Waals surface area (Å²) < 4.78 is 0. The first kappa shape index (κ1) is 16.6. The van der Waals surface area contributed by atoms with E-state index >= 15 is 0 Å². The molecule has 0 saturated carbocycles. The fourth-order valence-electron chi connectivity index (χ4n) is 3.85. The number of benzene rings is 1. The third-order valence-corrected chi connectivity index (χ3v) is 5.30. The second-order valence-corrected chi connectivity index (χ2v) is 7.12. The molecule has 0 aliphatic heterocycles. The van der Waals surface area contributed by atoms with E-state index in [-0.39, 0.29) is 0 Å². The van der Waals surface area contributed by atoms with E-state index in [4.69, 9.17) is 0 Å². The van der Waals surface area contributed by atoms with Gasteiger partial charge in [0.25, 0.3) is 0 Å². The summed E-state index contributed by atoms with van der Waals surface area (Å²) in [6.07, 6.45) is 9.07. The van der Waals surface area contributed by atoms with Crippen molar-refractivity contribution in [1.29, 1.82) is 0 Å². The summed E-state index contributed by atoms with van der Waals surface area (Å²) in [5.41, 5.74) is 7.84. The summed E-state index contributed by atoms with van der Waals surface area (Å²) in [6.45, 7) is 0. The van der Waals surface area contributed by atoms with Crippen LogP contribution in [-0.2, 0) is 0 Å². The van der Waals surface area contributed by atoms with Gasteiger partial charge in [-0.1, -0.05) is 18.2 Å². The maximum atomic E-state index is 4.57. The number of aromatic nitrogens is 6. The molecule has 6 rings (SSSR count). The molecule has 0 fully saturated rings. The van der Waals surface area contributed by atoms with Gasteiger partial charge in [-0.15, -0.1) is 0 Å². The molecule has 6 nitrogen and oxygen atoms in total. The lowest BCUT2D eigenvalue weighted by molar-refractivity contribution is 1.11. The second kappa shape index (κ2) is 6.63. The zero-order chi connectivity index (χ0) is 19.9. The Hall–Kier alpha value is -4.32. The normalized spacial score (nSPS) is 11.3. The van der Waals surface area contributed by atoms with Gasteiger partial charge in [-0.3, -0.25) is 20.1 Å². The third-order valence-electron chi connectivity index (χ3n) is 5.30. The van der Waals surface area contributed by atoms with Gasteiger partial charge >= 0.3 is 0 Å². The van der Waals surface area contributed by atoms with Crippen LogP contribution in [-0.4, -0.2) is 30.1 Å². The van der Waals surface area contributed by atoms with Gasteiger partial charge in [0.2, 0.25) is 0 Å². The molecule has 0 spiro atoms. The first-order valence-corrected chi connectivity index (χ1v) is 9.64. The quantitative estimate of drug-likeness (QED) is 0.435. The van der Waals surface area contributed by atoms with Crippen molar-refractivity contribution in [2.45, 2.75) is 0 Å². The summed E-state index contributed by atoms with van der Waals surface area (Å²) in [6, 6.07) is 18.4. The van der Waals surface area contributed by atoms with E-state index in [1.165, 1.54) is 0 Å². The van der Waals surface area contributed by atoms with Crippen molar-refractivity contribution in [1.82, 2.24) is 30.1 Å². The van der Waals surface area contributed by atoms with Crippen molar-refractivity contribution < 1.29 is 0 Å². The number of rotatable bonds is 3. The van der Waals surface area contributed by atoms with Crippen molar-refractivity contribution in [2.75, 3.05) is 0 Å². The van der Waals surface area contributed by atoms with Crippen LogP contribution in [0.25, 0.3) is 55.6 Å². The van der Waals surface area contributed by atoms with Crippen molar-refractivity contribution in [3.05, 3.63) is 85.6 Å². The third kappa shape index (κ3) is 2.66. The highest BCUT2D eigenvalue weighted by molar-refractivity contribution is 6.01. The monoisotopic (exact) mass is 388 g/mol. The van der Waals surface area contributed by atoms with Gasteiger partial charge in [-0.05, 0) is 42.0 Å². The highest BCUT2D eigenvalue weighted by Crippen LogP contribution is 2.34. The lowest BCUT2D eigenvalue weighted by atomic mass is 10.0. The average molecular weight is 388 g/mol. The molecular formula is C24H16N6. The molecule has 0 aliphatic carbocycles. The maximum absolute atomic E-state index is 4.57. The minimum Gasteiger partial charge on any atom is -0.353 e. The molecule has 30 heavy (non-hydrogen) atoms. The van der Waals surface area contributed by atoms with Crippen molar-refractivity contribution in [2.24, 2.45) is 0 Å². The molecule has 5 aromatic heterocycles. The Morgan fingerprint density at radius 3 is 2.33 bits per heavy atom. The average Bonchev–Trinajstić information content (AvgIpc) is 3.43. The number of pyridine rings is 3. The molecule has 0 atom stereocenters. The predicted octanol–water partition coefficient (Wildman–Crippen LogP) is 5.23. The molecule has 2 N–H and O–H groups in total. The highest BCUT2D eigenvalue weighted by Gasteiger charge is 2.14. The van der Waals surface area contributed by atoms with Crippen LogP contribution in [0.15, 0.2) is 85.6 Å². The van der Waals surface area contributed by atoms with Crippen molar-refractivity contribution >= 4 is 21.8 Å². The van der Waals surface area contributed by atoms with Crippen LogP contribution in [0.1, 0.15) is 0 Å². The number of nitrogens with zero attached hydrogens (tertiary/aromatic N) is 4. The van der Waals surface area contributed by atoms with Gasteiger partial charge in [-0.25, -0.2) is 0 Å². The Kier molecular flexibility index (Phi) is 3.67. The predicted molar refractivity (Wildman–Crippen MR) is 118 cm³/mol. The number of aromatic amines is 2. The molecule has 142 valence electrons. The van der Waals surface area contributed by atoms with E-state index in [0.29, 0.717) is 0 Å². The lowest BCUT2D eigenvalue weighted by Gasteiger charge is -2.02. The van der Waals surface area contributed by atoms with Crippen molar-refractivity contribution in [3.8, 4) is 33.8 Å². The number of hydrogen-bond donors (Lipinski definition) is 2. The Bertz CT molecular complexity index is 1480. The van der Waals surface area contributed by atoms with Gasteiger partial charge in [0.05, 0.1) is 23.1 Å². The van der Waals surface area contributed by atoms with E-state index in [9.17, 15) is 0 Å². The number of fused-ring (bicyclic) bond motifs is 2. The summed E-state index contributed by atoms with van der Waals surface area (Å²) in [7, 11) is 0. The van der Waals surface area contributed by atoms with Gasteiger partial charge in [-0.2, -0.15) is 5.10 Å². The molecule has 6 aromatic rings.